The van der Waals surface area contributed by atoms with Gasteiger partial charge in [-0.3, -0.25) is 9.69 Å². The van der Waals surface area contributed by atoms with Gasteiger partial charge in [0, 0.05) is 18.3 Å². The van der Waals surface area contributed by atoms with E-state index >= 15 is 0 Å². The molecule has 0 aliphatic carbocycles. The van der Waals surface area contributed by atoms with E-state index in [1.165, 1.54) is 18.2 Å². The molecule has 1 fully saturated rings. The summed E-state index contributed by atoms with van der Waals surface area (Å²) in [4.78, 5) is 14.4. The number of amides is 1. The Morgan fingerprint density at radius 3 is 2.59 bits per heavy atom. The summed E-state index contributed by atoms with van der Waals surface area (Å²) in [5.41, 5.74) is 1.32. The normalized spacial score (nSPS) is 18.0. The van der Waals surface area contributed by atoms with Crippen LogP contribution in [0.1, 0.15) is 12.0 Å². The molecule has 3 rings (SSSR count). The van der Waals surface area contributed by atoms with Gasteiger partial charge in [-0.1, -0.05) is 23.7 Å². The standard InChI is InChI=1S/C20H22ClFN2O4S/c1-28-17-5-2-14(3-6-17)11-24(16-8-9-29(26,27)13-16)12-20(25)23-15-4-7-19(22)18(21)10-15/h2-7,10,16H,8-9,11-13H2,1H3,(H,23,25). The van der Waals surface area contributed by atoms with Crippen molar-refractivity contribution in [2.45, 2.75) is 19.0 Å². The molecule has 1 saturated heterocycles. The van der Waals surface area contributed by atoms with Crippen molar-refractivity contribution >= 4 is 33.0 Å². The molecule has 1 unspecified atom stereocenters. The molecule has 0 spiro atoms. The number of nitrogens with one attached hydrogen (secondary N) is 1. The van der Waals surface area contributed by atoms with Crippen LogP contribution in [-0.2, 0) is 21.2 Å². The molecule has 1 heterocycles. The van der Waals surface area contributed by atoms with Crippen LogP contribution in [0.3, 0.4) is 0 Å². The molecule has 0 aromatic heterocycles. The molecular weight excluding hydrogens is 419 g/mol. The number of methoxy groups -OCH3 is 1. The Bertz CT molecular complexity index is 982. The molecule has 0 saturated carbocycles. The maximum Gasteiger partial charge on any atom is 0.238 e. The van der Waals surface area contributed by atoms with Gasteiger partial charge in [-0.05, 0) is 42.3 Å². The highest BCUT2D eigenvalue weighted by molar-refractivity contribution is 7.91. The van der Waals surface area contributed by atoms with Crippen LogP contribution >= 0.6 is 11.6 Å². The number of sulfone groups is 1. The van der Waals surface area contributed by atoms with Crippen LogP contribution in [0.4, 0.5) is 10.1 Å². The van der Waals surface area contributed by atoms with Gasteiger partial charge in [0.05, 0.1) is 30.2 Å². The van der Waals surface area contributed by atoms with Gasteiger partial charge in [-0.25, -0.2) is 12.8 Å². The second kappa shape index (κ2) is 9.11. The number of benzene rings is 2. The molecule has 0 radical (unpaired) electrons. The predicted molar refractivity (Wildman–Crippen MR) is 111 cm³/mol. The fourth-order valence-electron chi connectivity index (χ4n) is 3.30. The topological polar surface area (TPSA) is 75.7 Å². The molecule has 1 N–H and O–H groups in total. The minimum absolute atomic E-state index is 0.00120. The summed E-state index contributed by atoms with van der Waals surface area (Å²) in [5, 5.41) is 2.60. The lowest BCUT2D eigenvalue weighted by Crippen LogP contribution is -2.41. The average Bonchev–Trinajstić information content (AvgIpc) is 3.04. The summed E-state index contributed by atoms with van der Waals surface area (Å²) in [6.07, 6.45) is 0.480. The molecule has 1 aliphatic rings. The van der Waals surface area contributed by atoms with Crippen molar-refractivity contribution in [1.29, 1.82) is 0 Å². The van der Waals surface area contributed by atoms with Crippen LogP contribution in [0, 0.1) is 5.82 Å². The fourth-order valence-corrected chi connectivity index (χ4v) is 5.24. The van der Waals surface area contributed by atoms with Crippen LogP contribution in [0.5, 0.6) is 5.75 Å². The van der Waals surface area contributed by atoms with E-state index < -0.39 is 15.7 Å². The van der Waals surface area contributed by atoms with Crippen molar-refractivity contribution in [1.82, 2.24) is 4.90 Å². The SMILES string of the molecule is COc1ccc(CN(CC(=O)Nc2ccc(F)c(Cl)c2)C2CCS(=O)(=O)C2)cc1. The Morgan fingerprint density at radius 1 is 1.28 bits per heavy atom. The number of hydrogen-bond donors (Lipinski definition) is 1. The fraction of sp³-hybridized carbons (Fsp3) is 0.350. The maximum atomic E-state index is 13.3. The van der Waals surface area contributed by atoms with Crippen LogP contribution in [-0.4, -0.2) is 50.4 Å². The van der Waals surface area contributed by atoms with E-state index in [2.05, 4.69) is 5.32 Å². The summed E-state index contributed by atoms with van der Waals surface area (Å²) in [5.74, 6) is -0.0350. The van der Waals surface area contributed by atoms with E-state index in [0.717, 1.165) is 11.3 Å². The van der Waals surface area contributed by atoms with Gasteiger partial charge < -0.3 is 10.1 Å². The third kappa shape index (κ3) is 5.91. The first-order chi connectivity index (χ1) is 13.8. The number of nitrogens with zero attached hydrogens (tertiary/aromatic N) is 1. The first kappa shape index (κ1) is 21.5. The summed E-state index contributed by atoms with van der Waals surface area (Å²) in [6, 6.07) is 11.1. The molecule has 6 nitrogen and oxygen atoms in total. The average molecular weight is 441 g/mol. The largest absolute Gasteiger partial charge is 0.497 e. The third-order valence-electron chi connectivity index (χ3n) is 4.82. The van der Waals surface area contributed by atoms with Crippen molar-refractivity contribution in [3.63, 3.8) is 0 Å². The minimum Gasteiger partial charge on any atom is -0.497 e. The van der Waals surface area contributed by atoms with Gasteiger partial charge in [0.25, 0.3) is 0 Å². The van der Waals surface area contributed by atoms with Crippen molar-refractivity contribution < 1.29 is 22.3 Å². The quantitative estimate of drug-likeness (QED) is 0.716. The van der Waals surface area contributed by atoms with Crippen LogP contribution in [0.2, 0.25) is 5.02 Å². The maximum absolute atomic E-state index is 13.3. The monoisotopic (exact) mass is 440 g/mol. The minimum atomic E-state index is -3.10. The lowest BCUT2D eigenvalue weighted by Gasteiger charge is -2.27. The van der Waals surface area contributed by atoms with Crippen LogP contribution in [0.25, 0.3) is 0 Å². The van der Waals surface area contributed by atoms with E-state index in [4.69, 9.17) is 16.3 Å². The van der Waals surface area contributed by atoms with E-state index in [1.54, 1.807) is 7.11 Å². The number of carbonyl (C=O) groups is 1. The lowest BCUT2D eigenvalue weighted by molar-refractivity contribution is -0.117. The predicted octanol–water partition coefficient (Wildman–Crippen LogP) is 3.12. The molecule has 9 heteroatoms. The Labute approximate surface area is 174 Å². The number of carbonyl (C=O) groups excluding carboxylic acids is 1. The molecule has 1 aliphatic heterocycles. The van der Waals surface area contributed by atoms with Gasteiger partial charge in [0.2, 0.25) is 5.91 Å². The highest BCUT2D eigenvalue weighted by Gasteiger charge is 2.33. The zero-order chi connectivity index (χ0) is 21.0. The highest BCUT2D eigenvalue weighted by atomic mass is 35.5. The first-order valence-corrected chi connectivity index (χ1v) is 11.3. The van der Waals surface area contributed by atoms with E-state index in [9.17, 15) is 17.6 Å². The molecule has 2 aromatic rings. The summed E-state index contributed by atoms with van der Waals surface area (Å²) in [7, 11) is -1.52. The van der Waals surface area contributed by atoms with E-state index in [1.807, 2.05) is 29.2 Å². The van der Waals surface area contributed by atoms with Crippen molar-refractivity contribution in [2.75, 3.05) is 30.5 Å². The van der Waals surface area contributed by atoms with Crippen LogP contribution in [0.15, 0.2) is 42.5 Å². The number of halogens is 2. The Morgan fingerprint density at radius 2 is 2.00 bits per heavy atom. The molecule has 1 amide bonds. The number of anilines is 1. The molecule has 2 aromatic carbocycles. The number of ether oxygens (including phenoxy) is 1. The van der Waals surface area contributed by atoms with Crippen molar-refractivity contribution in [3.8, 4) is 5.75 Å². The Kier molecular flexibility index (Phi) is 6.77. The van der Waals surface area contributed by atoms with Gasteiger partial charge in [-0.2, -0.15) is 0 Å². The molecule has 29 heavy (non-hydrogen) atoms. The van der Waals surface area contributed by atoms with Gasteiger partial charge in [-0.15, -0.1) is 0 Å². The lowest BCUT2D eigenvalue weighted by atomic mass is 10.1. The van der Waals surface area contributed by atoms with E-state index in [0.29, 0.717) is 18.7 Å². The van der Waals surface area contributed by atoms with Crippen LogP contribution < -0.4 is 10.1 Å². The van der Waals surface area contributed by atoms with Crippen molar-refractivity contribution in [2.24, 2.45) is 0 Å². The zero-order valence-electron chi connectivity index (χ0n) is 15.9. The second-order valence-corrected chi connectivity index (χ2v) is 9.62. The van der Waals surface area contributed by atoms with Gasteiger partial charge >= 0.3 is 0 Å². The van der Waals surface area contributed by atoms with Gasteiger partial charge in [0.15, 0.2) is 9.84 Å². The van der Waals surface area contributed by atoms with Crippen molar-refractivity contribution in [3.05, 3.63) is 58.9 Å². The summed E-state index contributed by atoms with van der Waals surface area (Å²) in [6.45, 7) is 0.420. The van der Waals surface area contributed by atoms with E-state index in [-0.39, 0.29) is 35.0 Å². The molecule has 156 valence electrons. The molecule has 0 bridgehead atoms. The first-order valence-electron chi connectivity index (χ1n) is 9.08. The molecule has 1 atom stereocenters. The zero-order valence-corrected chi connectivity index (χ0v) is 17.5. The summed E-state index contributed by atoms with van der Waals surface area (Å²) < 4.78 is 42.3. The third-order valence-corrected chi connectivity index (χ3v) is 6.86. The smallest absolute Gasteiger partial charge is 0.238 e. The number of rotatable bonds is 7. The highest BCUT2D eigenvalue weighted by Crippen LogP contribution is 2.22. The Balaban J connectivity index is 1.72. The van der Waals surface area contributed by atoms with Gasteiger partial charge in [0.1, 0.15) is 11.6 Å². The second-order valence-electron chi connectivity index (χ2n) is 6.99. The summed E-state index contributed by atoms with van der Waals surface area (Å²) >= 11 is 5.76. The Hall–Kier alpha value is -2.16. The molecular formula is C20H22ClFN2O4S. The number of hydrogen-bond acceptors (Lipinski definition) is 5.